The summed E-state index contributed by atoms with van der Waals surface area (Å²) in [7, 11) is 0. The highest BCUT2D eigenvalue weighted by Gasteiger charge is 2.30. The van der Waals surface area contributed by atoms with Gasteiger partial charge in [-0.05, 0) is 30.7 Å². The zero-order chi connectivity index (χ0) is 21.2. The summed E-state index contributed by atoms with van der Waals surface area (Å²) in [4.78, 5) is 23.6. The molecule has 0 saturated heterocycles. The molecule has 0 saturated carbocycles. The van der Waals surface area contributed by atoms with Gasteiger partial charge in [0.05, 0.1) is 35.3 Å². The Hall–Kier alpha value is -2.76. The van der Waals surface area contributed by atoms with Gasteiger partial charge in [-0.1, -0.05) is 0 Å². The number of nitrogens with two attached hydrogens (primary N) is 1. The zero-order valence-electron chi connectivity index (χ0n) is 15.2. The minimum Gasteiger partial charge on any atom is -0.389 e. The number of hydrogen-bond acceptors (Lipinski definition) is 6. The predicted octanol–water partition coefficient (Wildman–Crippen LogP) is 2.78. The first-order valence-corrected chi connectivity index (χ1v) is 9.40. The molecule has 0 spiro atoms. The molecule has 7 nitrogen and oxygen atoms in total. The highest BCUT2D eigenvalue weighted by atomic mass is 32.1. The van der Waals surface area contributed by atoms with E-state index in [1.807, 2.05) is 0 Å². The van der Waals surface area contributed by atoms with Gasteiger partial charge >= 0.3 is 6.18 Å². The van der Waals surface area contributed by atoms with E-state index in [1.165, 1.54) is 17.4 Å². The van der Waals surface area contributed by atoms with Gasteiger partial charge in [0.2, 0.25) is 0 Å². The monoisotopic (exact) mass is 425 g/mol. The Morgan fingerprint density at radius 2 is 2.17 bits per heavy atom. The zero-order valence-corrected chi connectivity index (χ0v) is 16.1. The summed E-state index contributed by atoms with van der Waals surface area (Å²) in [6, 6.07) is 3.26. The minimum absolute atomic E-state index is 0.105. The molecular weight excluding hydrogens is 407 g/mol. The number of halogens is 3. The van der Waals surface area contributed by atoms with Crippen molar-refractivity contribution >= 4 is 17.2 Å². The first-order chi connectivity index (χ1) is 13.7. The SMILES string of the molecule is Cc1cc(-c2ccc(C(F)(F)F)cn2)[nH]c1C(=O)N[C@@H](CN)c1csc(CO)n1. The van der Waals surface area contributed by atoms with Gasteiger partial charge in [-0.15, -0.1) is 11.3 Å². The summed E-state index contributed by atoms with van der Waals surface area (Å²) in [6.07, 6.45) is -3.72. The lowest BCUT2D eigenvalue weighted by atomic mass is 10.2. The van der Waals surface area contributed by atoms with Gasteiger partial charge in [-0.2, -0.15) is 13.2 Å². The van der Waals surface area contributed by atoms with Crippen molar-refractivity contribution in [1.82, 2.24) is 20.3 Å². The molecule has 0 fully saturated rings. The van der Waals surface area contributed by atoms with E-state index in [0.717, 1.165) is 12.3 Å². The summed E-state index contributed by atoms with van der Waals surface area (Å²) in [5, 5.41) is 14.1. The molecule has 11 heteroatoms. The summed E-state index contributed by atoms with van der Waals surface area (Å²) < 4.78 is 38.1. The van der Waals surface area contributed by atoms with E-state index in [0.29, 0.717) is 22.0 Å². The van der Waals surface area contributed by atoms with Crippen LogP contribution in [0.2, 0.25) is 0 Å². The van der Waals surface area contributed by atoms with Gasteiger partial charge in [0.15, 0.2) is 0 Å². The second-order valence-corrected chi connectivity index (χ2v) is 7.20. The van der Waals surface area contributed by atoms with Crippen molar-refractivity contribution in [2.45, 2.75) is 25.7 Å². The Labute approximate surface area is 167 Å². The van der Waals surface area contributed by atoms with Crippen LogP contribution in [0, 0.1) is 6.92 Å². The number of aryl methyl sites for hydroxylation is 1. The first kappa shape index (κ1) is 21.0. The van der Waals surface area contributed by atoms with Crippen molar-refractivity contribution in [3.05, 3.63) is 57.3 Å². The molecule has 0 bridgehead atoms. The Morgan fingerprint density at radius 1 is 1.41 bits per heavy atom. The maximum absolute atomic E-state index is 12.7. The molecule has 0 unspecified atom stereocenters. The van der Waals surface area contributed by atoms with Gasteiger partial charge in [-0.3, -0.25) is 9.78 Å². The third-order valence-electron chi connectivity index (χ3n) is 4.21. The molecule has 0 aromatic carbocycles. The fourth-order valence-electron chi connectivity index (χ4n) is 2.69. The topological polar surface area (TPSA) is 117 Å². The number of aliphatic hydroxyl groups excluding tert-OH is 1. The average molecular weight is 425 g/mol. The van der Waals surface area contributed by atoms with Crippen LogP contribution >= 0.6 is 11.3 Å². The van der Waals surface area contributed by atoms with Crippen molar-refractivity contribution in [2.75, 3.05) is 6.54 Å². The predicted molar refractivity (Wildman–Crippen MR) is 101 cm³/mol. The van der Waals surface area contributed by atoms with Crippen LogP contribution in [0.25, 0.3) is 11.4 Å². The van der Waals surface area contributed by atoms with Crippen LogP contribution in [-0.4, -0.2) is 32.5 Å². The fraction of sp³-hybridized carbons (Fsp3) is 0.278. The van der Waals surface area contributed by atoms with Gasteiger partial charge in [-0.25, -0.2) is 4.98 Å². The number of hydrogen-bond donors (Lipinski definition) is 4. The van der Waals surface area contributed by atoms with E-state index in [-0.39, 0.29) is 24.5 Å². The average Bonchev–Trinajstić information content (AvgIpc) is 3.32. The molecular formula is C18H18F3N5O2S. The minimum atomic E-state index is -4.47. The number of aromatic amines is 1. The van der Waals surface area contributed by atoms with E-state index < -0.39 is 23.7 Å². The molecule has 0 aliphatic carbocycles. The van der Waals surface area contributed by atoms with Crippen LogP contribution in [-0.2, 0) is 12.8 Å². The third-order valence-corrected chi connectivity index (χ3v) is 5.06. The normalized spacial score (nSPS) is 12.8. The number of nitrogens with one attached hydrogen (secondary N) is 2. The van der Waals surface area contributed by atoms with Crippen LogP contribution < -0.4 is 11.1 Å². The highest BCUT2D eigenvalue weighted by molar-refractivity contribution is 7.09. The van der Waals surface area contributed by atoms with Gasteiger partial charge in [0, 0.05) is 18.1 Å². The molecule has 0 radical (unpaired) electrons. The molecule has 3 heterocycles. The summed E-state index contributed by atoms with van der Waals surface area (Å²) in [5.41, 5.74) is 6.99. The number of amides is 1. The molecule has 29 heavy (non-hydrogen) atoms. The maximum atomic E-state index is 12.7. The van der Waals surface area contributed by atoms with Crippen LogP contribution in [0.3, 0.4) is 0 Å². The lowest BCUT2D eigenvalue weighted by Gasteiger charge is -2.14. The second-order valence-electron chi connectivity index (χ2n) is 6.26. The Balaban J connectivity index is 1.79. The summed E-state index contributed by atoms with van der Waals surface area (Å²) >= 11 is 1.26. The number of pyridine rings is 1. The lowest BCUT2D eigenvalue weighted by Crippen LogP contribution is -2.34. The number of aliphatic hydroxyl groups is 1. The quantitative estimate of drug-likeness (QED) is 0.485. The van der Waals surface area contributed by atoms with E-state index in [2.05, 4.69) is 20.3 Å². The smallest absolute Gasteiger partial charge is 0.389 e. The van der Waals surface area contributed by atoms with Crippen LogP contribution in [0.1, 0.15) is 38.4 Å². The van der Waals surface area contributed by atoms with Crippen molar-refractivity contribution < 1.29 is 23.1 Å². The number of alkyl halides is 3. The van der Waals surface area contributed by atoms with Crippen LogP contribution in [0.4, 0.5) is 13.2 Å². The van der Waals surface area contributed by atoms with E-state index >= 15 is 0 Å². The highest BCUT2D eigenvalue weighted by Crippen LogP contribution is 2.30. The van der Waals surface area contributed by atoms with Crippen molar-refractivity contribution in [2.24, 2.45) is 5.73 Å². The molecule has 0 aliphatic heterocycles. The van der Waals surface area contributed by atoms with Crippen molar-refractivity contribution in [3.63, 3.8) is 0 Å². The Bertz CT molecular complexity index is 998. The molecule has 1 atom stereocenters. The number of nitrogens with zero attached hydrogens (tertiary/aromatic N) is 2. The number of H-pyrrole nitrogens is 1. The molecule has 5 N–H and O–H groups in total. The molecule has 3 rings (SSSR count). The summed E-state index contributed by atoms with van der Waals surface area (Å²) in [5.74, 6) is -0.435. The number of carbonyl (C=O) groups is 1. The largest absolute Gasteiger partial charge is 0.417 e. The van der Waals surface area contributed by atoms with E-state index in [1.54, 1.807) is 18.4 Å². The third kappa shape index (κ3) is 4.63. The molecule has 1 amide bonds. The van der Waals surface area contributed by atoms with Gasteiger partial charge in [0.1, 0.15) is 10.7 Å². The molecule has 0 aliphatic rings. The van der Waals surface area contributed by atoms with Crippen LogP contribution in [0.15, 0.2) is 29.8 Å². The van der Waals surface area contributed by atoms with Crippen molar-refractivity contribution in [3.8, 4) is 11.4 Å². The number of carbonyl (C=O) groups excluding carboxylic acids is 1. The lowest BCUT2D eigenvalue weighted by molar-refractivity contribution is -0.137. The van der Waals surface area contributed by atoms with E-state index in [9.17, 15) is 18.0 Å². The molecule has 154 valence electrons. The first-order valence-electron chi connectivity index (χ1n) is 8.52. The summed E-state index contributed by atoms with van der Waals surface area (Å²) in [6.45, 7) is 1.60. The standard InChI is InChI=1S/C18H18F3N5O2S/c1-9-4-12(11-3-2-10(6-23-11)18(19,20)21)25-16(9)17(28)26-13(5-22)14-8-29-15(7-27)24-14/h2-4,6,8,13,25,27H,5,7,22H2,1H3,(H,26,28)/t13-/m0/s1. The van der Waals surface area contributed by atoms with E-state index in [4.69, 9.17) is 10.8 Å². The molecule has 3 aromatic rings. The Kier molecular flexibility index (Phi) is 6.01. The number of aromatic nitrogens is 3. The maximum Gasteiger partial charge on any atom is 0.417 e. The van der Waals surface area contributed by atoms with Crippen molar-refractivity contribution in [1.29, 1.82) is 0 Å². The number of thiazole rings is 1. The fourth-order valence-corrected chi connectivity index (χ4v) is 3.40. The number of rotatable bonds is 6. The van der Waals surface area contributed by atoms with Gasteiger partial charge in [0.25, 0.3) is 5.91 Å². The second kappa shape index (κ2) is 8.31. The van der Waals surface area contributed by atoms with Crippen LogP contribution in [0.5, 0.6) is 0 Å². The Morgan fingerprint density at radius 3 is 2.72 bits per heavy atom. The van der Waals surface area contributed by atoms with Gasteiger partial charge < -0.3 is 21.1 Å². The molecule has 3 aromatic heterocycles.